The first-order chi connectivity index (χ1) is 15.7. The number of carbonyl (C=O) groups is 2. The van der Waals surface area contributed by atoms with Crippen LogP contribution in [0.15, 0.2) is 75.7 Å². The number of H-pyrrole nitrogens is 1. The van der Waals surface area contributed by atoms with E-state index >= 15 is 0 Å². The summed E-state index contributed by atoms with van der Waals surface area (Å²) in [6, 6.07) is 17.5. The van der Waals surface area contributed by atoms with E-state index in [0.29, 0.717) is 17.2 Å². The maximum Gasteiger partial charge on any atom is 0.265 e. The minimum atomic E-state index is -0.179. The minimum absolute atomic E-state index is 0.0381. The zero-order valence-corrected chi connectivity index (χ0v) is 18.4. The zero-order valence-electron chi connectivity index (χ0n) is 16.8. The number of thiophene rings is 1. The predicted octanol–water partition coefficient (Wildman–Crippen LogP) is 5.87. The van der Waals surface area contributed by atoms with Gasteiger partial charge in [0.15, 0.2) is 0 Å². The van der Waals surface area contributed by atoms with Gasteiger partial charge in [0.1, 0.15) is 5.58 Å². The van der Waals surface area contributed by atoms with E-state index in [4.69, 9.17) is 4.42 Å². The molecule has 0 fully saturated rings. The first-order valence-electron chi connectivity index (χ1n) is 10.1. The topological polar surface area (TPSA) is 78.3 Å². The van der Waals surface area contributed by atoms with Gasteiger partial charge in [-0.1, -0.05) is 24.3 Å². The van der Waals surface area contributed by atoms with Crippen LogP contribution in [-0.4, -0.2) is 22.6 Å². The molecule has 3 aromatic heterocycles. The van der Waals surface area contributed by atoms with Gasteiger partial charge in [0.2, 0.25) is 5.91 Å². The van der Waals surface area contributed by atoms with Gasteiger partial charge in [-0.15, -0.1) is 23.1 Å². The van der Waals surface area contributed by atoms with E-state index in [9.17, 15) is 9.59 Å². The van der Waals surface area contributed by atoms with Crippen molar-refractivity contribution in [2.75, 3.05) is 16.0 Å². The summed E-state index contributed by atoms with van der Waals surface area (Å²) in [7, 11) is 0. The lowest BCUT2D eigenvalue weighted by Gasteiger charge is -2.26. The molecule has 1 aliphatic heterocycles. The number of hydrogen-bond acceptors (Lipinski definition) is 5. The van der Waals surface area contributed by atoms with Crippen LogP contribution in [0.25, 0.3) is 21.9 Å². The molecule has 0 radical (unpaired) electrons. The largest absolute Gasteiger partial charge is 0.464 e. The molecule has 6 rings (SSSR count). The number of benzene rings is 2. The number of amides is 2. The van der Waals surface area contributed by atoms with Crippen LogP contribution in [-0.2, 0) is 11.3 Å². The van der Waals surface area contributed by atoms with E-state index < -0.39 is 0 Å². The van der Waals surface area contributed by atoms with Crippen molar-refractivity contribution in [2.24, 2.45) is 0 Å². The maximum absolute atomic E-state index is 13.0. The average Bonchev–Trinajstić information content (AvgIpc) is 3.54. The fourth-order valence-electron chi connectivity index (χ4n) is 3.94. The van der Waals surface area contributed by atoms with Gasteiger partial charge < -0.3 is 19.6 Å². The summed E-state index contributed by atoms with van der Waals surface area (Å²) in [6.45, 7) is 0.452. The molecule has 2 N–H and O–H groups in total. The maximum atomic E-state index is 13.0. The standard InChI is InChI=1S/C24H17N3O3S2/c28-22-13-31-24-19(27(22)12-14-5-6-20-15(9-14)7-8-30-20)10-21(32-24)23(29)26-18-11-25-17-4-2-1-3-16(17)18/h1-11,25H,12-13H2,(H,26,29). The molecule has 158 valence electrons. The number of aromatic nitrogens is 1. The Labute approximate surface area is 191 Å². The summed E-state index contributed by atoms with van der Waals surface area (Å²) >= 11 is 2.91. The minimum Gasteiger partial charge on any atom is -0.464 e. The van der Waals surface area contributed by atoms with E-state index in [1.807, 2.05) is 54.6 Å². The van der Waals surface area contributed by atoms with Crippen molar-refractivity contribution in [3.05, 3.63) is 77.5 Å². The molecule has 0 bridgehead atoms. The second kappa shape index (κ2) is 7.58. The van der Waals surface area contributed by atoms with Gasteiger partial charge in [-0.3, -0.25) is 9.59 Å². The average molecular weight is 460 g/mol. The van der Waals surface area contributed by atoms with E-state index in [-0.39, 0.29) is 11.8 Å². The van der Waals surface area contributed by atoms with E-state index in [1.54, 1.807) is 17.4 Å². The van der Waals surface area contributed by atoms with Crippen molar-refractivity contribution in [3.8, 4) is 0 Å². The molecule has 5 aromatic rings. The Morgan fingerprint density at radius 3 is 3.00 bits per heavy atom. The van der Waals surface area contributed by atoms with Crippen LogP contribution in [0.5, 0.6) is 0 Å². The number of carbonyl (C=O) groups excluding carboxylic acids is 2. The molecule has 0 atom stereocenters. The van der Waals surface area contributed by atoms with Gasteiger partial charge >= 0.3 is 0 Å². The molecule has 1 aliphatic rings. The van der Waals surface area contributed by atoms with Crippen molar-refractivity contribution in [3.63, 3.8) is 0 Å². The summed E-state index contributed by atoms with van der Waals surface area (Å²) in [4.78, 5) is 31.3. The monoisotopic (exact) mass is 459 g/mol. The van der Waals surface area contributed by atoms with Crippen LogP contribution in [0.2, 0.25) is 0 Å². The number of fused-ring (bicyclic) bond motifs is 3. The number of para-hydroxylation sites is 1. The number of furan rings is 1. The molecule has 0 saturated heterocycles. The fraction of sp³-hybridized carbons (Fsp3) is 0.0833. The highest BCUT2D eigenvalue weighted by Crippen LogP contribution is 2.43. The molecule has 2 aromatic carbocycles. The van der Waals surface area contributed by atoms with Crippen LogP contribution in [0, 0.1) is 0 Å². The first kappa shape index (κ1) is 19.2. The molecule has 4 heterocycles. The highest BCUT2D eigenvalue weighted by molar-refractivity contribution is 8.02. The normalized spacial score (nSPS) is 13.6. The molecule has 8 heteroatoms. The molecule has 2 amide bonds. The lowest BCUT2D eigenvalue weighted by Crippen LogP contribution is -2.34. The van der Waals surface area contributed by atoms with Crippen LogP contribution < -0.4 is 10.2 Å². The highest BCUT2D eigenvalue weighted by Gasteiger charge is 2.29. The van der Waals surface area contributed by atoms with Gasteiger partial charge in [0.25, 0.3) is 5.91 Å². The highest BCUT2D eigenvalue weighted by atomic mass is 32.2. The van der Waals surface area contributed by atoms with Gasteiger partial charge in [-0.25, -0.2) is 0 Å². The number of anilines is 2. The zero-order chi connectivity index (χ0) is 21.7. The van der Waals surface area contributed by atoms with Crippen molar-refractivity contribution in [2.45, 2.75) is 10.8 Å². The van der Waals surface area contributed by atoms with E-state index in [2.05, 4.69) is 10.3 Å². The SMILES string of the molecule is O=C(Nc1c[nH]c2ccccc12)c1cc2c(s1)SCC(=O)N2Cc1ccc2occc2c1. The van der Waals surface area contributed by atoms with Crippen LogP contribution in [0.4, 0.5) is 11.4 Å². The quantitative estimate of drug-likeness (QED) is 0.352. The summed E-state index contributed by atoms with van der Waals surface area (Å²) in [5.41, 5.74) is 4.34. The predicted molar refractivity (Wildman–Crippen MR) is 129 cm³/mol. The van der Waals surface area contributed by atoms with E-state index in [1.165, 1.54) is 23.1 Å². The van der Waals surface area contributed by atoms with Crippen LogP contribution >= 0.6 is 23.1 Å². The molecule has 32 heavy (non-hydrogen) atoms. The third kappa shape index (κ3) is 3.28. The van der Waals surface area contributed by atoms with Crippen molar-refractivity contribution < 1.29 is 14.0 Å². The third-order valence-electron chi connectivity index (χ3n) is 5.52. The van der Waals surface area contributed by atoms with E-state index in [0.717, 1.165) is 43.0 Å². The molecule has 6 nitrogen and oxygen atoms in total. The smallest absolute Gasteiger partial charge is 0.265 e. The first-order valence-corrected chi connectivity index (χ1v) is 11.9. The summed E-state index contributed by atoms with van der Waals surface area (Å²) in [6.07, 6.45) is 3.46. The molecule has 0 spiro atoms. The fourth-order valence-corrected chi connectivity index (χ4v) is 6.13. The Hall–Kier alpha value is -3.49. The van der Waals surface area contributed by atoms with Gasteiger partial charge in [-0.05, 0) is 35.9 Å². The Morgan fingerprint density at radius 1 is 1.16 bits per heavy atom. The van der Waals surface area contributed by atoms with Gasteiger partial charge in [-0.2, -0.15) is 0 Å². The van der Waals surface area contributed by atoms with Crippen molar-refractivity contribution in [1.29, 1.82) is 0 Å². The number of thioether (sulfide) groups is 1. The van der Waals surface area contributed by atoms with Crippen molar-refractivity contribution >= 4 is 68.2 Å². The molecular formula is C24H17N3O3S2. The number of nitrogens with one attached hydrogen (secondary N) is 2. The second-order valence-corrected chi connectivity index (χ2v) is 9.84. The summed E-state index contributed by atoms with van der Waals surface area (Å²) < 4.78 is 6.40. The molecule has 0 aliphatic carbocycles. The van der Waals surface area contributed by atoms with Gasteiger partial charge in [0.05, 0.1) is 39.0 Å². The Balaban J connectivity index is 1.28. The Morgan fingerprint density at radius 2 is 2.06 bits per heavy atom. The third-order valence-corrected chi connectivity index (χ3v) is 7.90. The van der Waals surface area contributed by atoms with Gasteiger partial charge in [0, 0.05) is 22.5 Å². The Bertz CT molecular complexity index is 1500. The number of hydrogen-bond donors (Lipinski definition) is 2. The lowest BCUT2D eigenvalue weighted by molar-refractivity contribution is -0.116. The molecule has 0 saturated carbocycles. The number of nitrogens with zero attached hydrogens (tertiary/aromatic N) is 1. The second-order valence-electron chi connectivity index (χ2n) is 7.55. The summed E-state index contributed by atoms with van der Waals surface area (Å²) in [5.74, 6) is 0.225. The molecule has 0 unspecified atom stereocenters. The summed E-state index contributed by atoms with van der Waals surface area (Å²) in [5, 5.41) is 4.97. The number of aromatic amines is 1. The number of rotatable bonds is 4. The molecular weight excluding hydrogens is 442 g/mol. The Kier molecular flexibility index (Phi) is 4.55. The van der Waals surface area contributed by atoms with Crippen LogP contribution in [0.1, 0.15) is 15.2 Å². The van der Waals surface area contributed by atoms with Crippen LogP contribution in [0.3, 0.4) is 0 Å². The van der Waals surface area contributed by atoms with Crippen molar-refractivity contribution in [1.82, 2.24) is 4.98 Å². The lowest BCUT2D eigenvalue weighted by atomic mass is 10.1.